The first-order valence-corrected chi connectivity index (χ1v) is 9.85. The molecule has 3 nitrogen and oxygen atoms in total. The summed E-state index contributed by atoms with van der Waals surface area (Å²) in [7, 11) is -3.30. The van der Waals surface area contributed by atoms with Crippen LogP contribution in [-0.4, -0.2) is 19.9 Å². The van der Waals surface area contributed by atoms with Crippen LogP contribution in [0.1, 0.15) is 0 Å². The van der Waals surface area contributed by atoms with Gasteiger partial charge in [0.2, 0.25) is 0 Å². The molecule has 0 amide bonds. The summed E-state index contributed by atoms with van der Waals surface area (Å²) in [5.74, 6) is 0.492. The Morgan fingerprint density at radius 2 is 1.81 bits per heavy atom. The van der Waals surface area contributed by atoms with Gasteiger partial charge >= 0.3 is 0 Å². The molecule has 2 N–H and O–H groups in total. The lowest BCUT2D eigenvalue weighted by molar-refractivity contribution is 0.597. The zero-order valence-corrected chi connectivity index (χ0v) is 14.9. The van der Waals surface area contributed by atoms with Crippen molar-refractivity contribution in [2.24, 2.45) is 0 Å². The average Bonchev–Trinajstić information content (AvgIpc) is 2.41. The van der Waals surface area contributed by atoms with Gasteiger partial charge in [0, 0.05) is 25.8 Å². The van der Waals surface area contributed by atoms with Gasteiger partial charge in [0.25, 0.3) is 0 Å². The highest BCUT2D eigenvalue weighted by Crippen LogP contribution is 2.28. The summed E-state index contributed by atoms with van der Waals surface area (Å²) in [6, 6.07) is 11.8. The van der Waals surface area contributed by atoms with E-state index in [4.69, 9.17) is 17.3 Å². The van der Waals surface area contributed by atoms with Crippen molar-refractivity contribution in [1.29, 1.82) is 0 Å². The number of rotatable bonds is 5. The fourth-order valence-electron chi connectivity index (χ4n) is 1.67. The van der Waals surface area contributed by atoms with Crippen LogP contribution in [0.2, 0.25) is 5.02 Å². The summed E-state index contributed by atoms with van der Waals surface area (Å²) in [5.41, 5.74) is 6.52. The Labute approximate surface area is 141 Å². The van der Waals surface area contributed by atoms with E-state index in [2.05, 4.69) is 15.9 Å². The molecule has 0 bridgehead atoms. The lowest BCUT2D eigenvalue weighted by atomic mass is 10.3. The number of thioether (sulfide) groups is 1. The molecule has 21 heavy (non-hydrogen) atoms. The number of benzene rings is 2. The fraction of sp³-hybridized carbons (Fsp3) is 0.143. The van der Waals surface area contributed by atoms with Crippen LogP contribution in [0.25, 0.3) is 0 Å². The summed E-state index contributed by atoms with van der Waals surface area (Å²) in [5, 5.41) is 0.519. The van der Waals surface area contributed by atoms with Crippen LogP contribution in [-0.2, 0) is 9.84 Å². The maximum Gasteiger partial charge on any atom is 0.179 e. The number of anilines is 1. The van der Waals surface area contributed by atoms with Crippen molar-refractivity contribution in [1.82, 2.24) is 0 Å². The van der Waals surface area contributed by atoms with Gasteiger partial charge in [-0.15, -0.1) is 11.8 Å². The van der Waals surface area contributed by atoms with E-state index in [0.717, 1.165) is 9.37 Å². The van der Waals surface area contributed by atoms with Crippen LogP contribution >= 0.6 is 39.3 Å². The number of nitrogen functional groups attached to an aromatic ring is 1. The normalized spacial score (nSPS) is 11.5. The molecule has 0 aromatic heterocycles. The van der Waals surface area contributed by atoms with Gasteiger partial charge in [0.15, 0.2) is 9.84 Å². The molecule has 0 aliphatic carbocycles. The minimum Gasteiger partial charge on any atom is -0.398 e. The van der Waals surface area contributed by atoms with Crippen molar-refractivity contribution in [3.63, 3.8) is 0 Å². The Bertz CT molecular complexity index is 733. The van der Waals surface area contributed by atoms with Crippen molar-refractivity contribution in [3.8, 4) is 0 Å². The minimum atomic E-state index is -3.30. The van der Waals surface area contributed by atoms with Crippen molar-refractivity contribution >= 4 is 54.8 Å². The predicted octanol–water partition coefficient (Wildman–Crippen LogP) is 4.25. The Morgan fingerprint density at radius 1 is 1.14 bits per heavy atom. The van der Waals surface area contributed by atoms with E-state index in [1.165, 1.54) is 23.9 Å². The Morgan fingerprint density at radius 3 is 2.43 bits per heavy atom. The van der Waals surface area contributed by atoms with Gasteiger partial charge in [-0.3, -0.25) is 0 Å². The topological polar surface area (TPSA) is 60.2 Å². The van der Waals surface area contributed by atoms with Crippen LogP contribution in [0, 0.1) is 0 Å². The van der Waals surface area contributed by atoms with Gasteiger partial charge < -0.3 is 5.73 Å². The van der Waals surface area contributed by atoms with E-state index in [1.807, 2.05) is 12.1 Å². The number of halogens is 2. The average molecular weight is 407 g/mol. The van der Waals surface area contributed by atoms with Crippen molar-refractivity contribution in [2.45, 2.75) is 9.79 Å². The third-order valence-corrected chi connectivity index (χ3v) is 6.58. The molecule has 2 rings (SSSR count). The molecule has 0 fully saturated rings. The molecule has 2 aromatic rings. The van der Waals surface area contributed by atoms with Gasteiger partial charge in [-0.1, -0.05) is 27.5 Å². The molecule has 0 aliphatic heterocycles. The molecular formula is C14H13BrClNO2S2. The van der Waals surface area contributed by atoms with Gasteiger partial charge in [-0.2, -0.15) is 0 Å². The second-order valence-electron chi connectivity index (χ2n) is 4.30. The highest BCUT2D eigenvalue weighted by atomic mass is 79.9. The Hall–Kier alpha value is -0.690. The summed E-state index contributed by atoms with van der Waals surface area (Å²) in [6.07, 6.45) is 0. The largest absolute Gasteiger partial charge is 0.398 e. The van der Waals surface area contributed by atoms with Crippen LogP contribution < -0.4 is 5.73 Å². The molecule has 0 aliphatic rings. The SMILES string of the molecule is Nc1cc(Br)ccc1SCCS(=O)(=O)c1ccc(Cl)cc1. The van der Waals surface area contributed by atoms with Crippen molar-refractivity contribution in [3.05, 3.63) is 52.0 Å². The molecule has 0 saturated carbocycles. The standard InChI is InChI=1S/C14H13BrClNO2S2/c15-10-1-6-14(13(17)9-10)20-7-8-21(18,19)12-4-2-11(16)3-5-12/h1-6,9H,7-8,17H2. The molecule has 0 spiro atoms. The van der Waals surface area contributed by atoms with E-state index >= 15 is 0 Å². The first-order valence-electron chi connectivity index (χ1n) is 6.04. The molecule has 0 saturated heterocycles. The van der Waals surface area contributed by atoms with E-state index in [1.54, 1.807) is 18.2 Å². The molecule has 112 valence electrons. The number of hydrogen-bond acceptors (Lipinski definition) is 4. The monoisotopic (exact) mass is 405 g/mol. The first-order chi connectivity index (χ1) is 9.88. The zero-order valence-electron chi connectivity index (χ0n) is 10.9. The highest BCUT2D eigenvalue weighted by Gasteiger charge is 2.14. The zero-order chi connectivity index (χ0) is 15.5. The first kappa shape index (κ1) is 16.7. The molecular weight excluding hydrogens is 394 g/mol. The van der Waals surface area contributed by atoms with Crippen LogP contribution in [0.3, 0.4) is 0 Å². The van der Waals surface area contributed by atoms with Crippen molar-refractivity contribution in [2.75, 3.05) is 17.2 Å². The van der Waals surface area contributed by atoms with Crippen LogP contribution in [0.5, 0.6) is 0 Å². The second-order valence-corrected chi connectivity index (χ2v) is 8.90. The van der Waals surface area contributed by atoms with Gasteiger partial charge in [0.05, 0.1) is 10.6 Å². The third kappa shape index (κ3) is 4.64. The summed E-state index contributed by atoms with van der Waals surface area (Å²) < 4.78 is 25.3. The van der Waals surface area contributed by atoms with E-state index in [9.17, 15) is 8.42 Å². The summed E-state index contributed by atoms with van der Waals surface area (Å²) in [4.78, 5) is 1.17. The quantitative estimate of drug-likeness (QED) is 0.595. The van der Waals surface area contributed by atoms with E-state index in [0.29, 0.717) is 16.5 Å². The van der Waals surface area contributed by atoms with Crippen molar-refractivity contribution < 1.29 is 8.42 Å². The molecule has 0 atom stereocenters. The Balaban J connectivity index is 2.00. The predicted molar refractivity (Wildman–Crippen MR) is 92.8 cm³/mol. The number of hydrogen-bond donors (Lipinski definition) is 1. The van der Waals surface area contributed by atoms with E-state index in [-0.39, 0.29) is 10.6 Å². The van der Waals surface area contributed by atoms with Gasteiger partial charge in [0.1, 0.15) is 0 Å². The highest BCUT2D eigenvalue weighted by molar-refractivity contribution is 9.10. The molecule has 7 heteroatoms. The van der Waals surface area contributed by atoms with Gasteiger partial charge in [-0.05, 0) is 42.5 Å². The lowest BCUT2D eigenvalue weighted by Gasteiger charge is -2.07. The third-order valence-electron chi connectivity index (χ3n) is 2.75. The van der Waals surface area contributed by atoms with Crippen LogP contribution in [0.4, 0.5) is 5.69 Å². The minimum absolute atomic E-state index is 0.0504. The summed E-state index contributed by atoms with van der Waals surface area (Å²) >= 11 is 10.5. The maximum absolute atomic E-state index is 12.2. The number of sulfone groups is 1. The Kier molecular flexibility index (Phi) is 5.60. The second kappa shape index (κ2) is 7.05. The van der Waals surface area contributed by atoms with Gasteiger partial charge in [-0.25, -0.2) is 8.42 Å². The molecule has 0 unspecified atom stereocenters. The lowest BCUT2D eigenvalue weighted by Crippen LogP contribution is -2.08. The number of nitrogens with two attached hydrogens (primary N) is 1. The maximum atomic E-state index is 12.2. The van der Waals surface area contributed by atoms with E-state index < -0.39 is 9.84 Å². The fourth-order valence-corrected chi connectivity index (χ4v) is 4.78. The molecule has 2 aromatic carbocycles. The molecule has 0 heterocycles. The smallest absolute Gasteiger partial charge is 0.179 e. The molecule has 0 radical (unpaired) electrons. The summed E-state index contributed by atoms with van der Waals surface area (Å²) in [6.45, 7) is 0. The van der Waals surface area contributed by atoms with Crippen LogP contribution in [0.15, 0.2) is 56.7 Å².